The van der Waals surface area contributed by atoms with Crippen LogP contribution in [-0.4, -0.2) is 24.4 Å². The first-order valence-corrected chi connectivity index (χ1v) is 10.0. The topological polar surface area (TPSA) is 84.5 Å². The van der Waals surface area contributed by atoms with Gasteiger partial charge < -0.3 is 15.4 Å². The Kier molecular flexibility index (Phi) is 8.65. The number of esters is 1. The summed E-state index contributed by atoms with van der Waals surface area (Å²) in [6.45, 7) is 3.08. The standard InChI is InChI=1S/C22H22ClF3N2O4/c1-13-6-7-14(2)17(10-13)27-19(29)4-3-5-21(31)32-12-20(30)28-18-11-15(22(24,25)26)8-9-16(18)23/h6-11H,3-5,12H2,1-2H3,(H,27,29)(H,28,30). The molecule has 32 heavy (non-hydrogen) atoms. The number of hydrogen-bond donors (Lipinski definition) is 2. The number of carbonyl (C=O) groups excluding carboxylic acids is 3. The summed E-state index contributed by atoms with van der Waals surface area (Å²) < 4.78 is 43.1. The molecule has 0 saturated carbocycles. The van der Waals surface area contributed by atoms with Crippen LogP contribution in [0.1, 0.15) is 36.0 Å². The summed E-state index contributed by atoms with van der Waals surface area (Å²) in [7, 11) is 0. The van der Waals surface area contributed by atoms with Gasteiger partial charge in [0, 0.05) is 18.5 Å². The number of hydrogen-bond acceptors (Lipinski definition) is 4. The van der Waals surface area contributed by atoms with E-state index in [0.29, 0.717) is 11.8 Å². The molecule has 0 fully saturated rings. The van der Waals surface area contributed by atoms with Gasteiger partial charge in [-0.15, -0.1) is 0 Å². The fourth-order valence-electron chi connectivity index (χ4n) is 2.68. The first kappa shape index (κ1) is 25.2. The van der Waals surface area contributed by atoms with E-state index in [-0.39, 0.29) is 35.9 Å². The van der Waals surface area contributed by atoms with Crippen molar-refractivity contribution in [2.24, 2.45) is 0 Å². The number of aryl methyl sites for hydroxylation is 2. The highest BCUT2D eigenvalue weighted by Gasteiger charge is 2.31. The molecule has 172 valence electrons. The number of carbonyl (C=O) groups is 3. The number of benzene rings is 2. The van der Waals surface area contributed by atoms with Gasteiger partial charge in [-0.1, -0.05) is 23.7 Å². The molecule has 2 aromatic carbocycles. The van der Waals surface area contributed by atoms with Crippen molar-refractivity contribution >= 4 is 40.8 Å². The second kappa shape index (κ2) is 11.0. The van der Waals surface area contributed by atoms with E-state index >= 15 is 0 Å². The van der Waals surface area contributed by atoms with Crippen LogP contribution >= 0.6 is 11.6 Å². The van der Waals surface area contributed by atoms with Crippen LogP contribution < -0.4 is 10.6 Å². The molecule has 2 rings (SSSR count). The molecule has 0 atom stereocenters. The maximum atomic E-state index is 12.8. The zero-order valence-corrected chi connectivity index (χ0v) is 18.2. The molecule has 0 saturated heterocycles. The molecule has 0 spiro atoms. The zero-order valence-electron chi connectivity index (χ0n) is 17.4. The predicted molar refractivity (Wildman–Crippen MR) is 114 cm³/mol. The molecule has 0 heterocycles. The first-order valence-electron chi connectivity index (χ1n) is 9.65. The van der Waals surface area contributed by atoms with Gasteiger partial charge in [0.1, 0.15) is 0 Å². The van der Waals surface area contributed by atoms with E-state index in [2.05, 4.69) is 10.6 Å². The van der Waals surface area contributed by atoms with E-state index in [1.807, 2.05) is 32.0 Å². The molecule has 0 radical (unpaired) electrons. The Morgan fingerprint density at radius 1 is 0.938 bits per heavy atom. The van der Waals surface area contributed by atoms with E-state index in [4.69, 9.17) is 16.3 Å². The van der Waals surface area contributed by atoms with Crippen LogP contribution in [0.25, 0.3) is 0 Å². The third kappa shape index (κ3) is 7.88. The van der Waals surface area contributed by atoms with Crippen molar-refractivity contribution in [1.29, 1.82) is 0 Å². The largest absolute Gasteiger partial charge is 0.456 e. The average Bonchev–Trinajstić information content (AvgIpc) is 2.70. The molecule has 0 aromatic heterocycles. The first-order chi connectivity index (χ1) is 15.0. The van der Waals surface area contributed by atoms with Gasteiger partial charge in [0.05, 0.1) is 16.3 Å². The van der Waals surface area contributed by atoms with Gasteiger partial charge in [-0.25, -0.2) is 0 Å². The van der Waals surface area contributed by atoms with Gasteiger partial charge in [-0.2, -0.15) is 13.2 Å². The fourth-order valence-corrected chi connectivity index (χ4v) is 2.84. The lowest BCUT2D eigenvalue weighted by atomic mass is 10.1. The molecule has 2 aromatic rings. The number of amides is 2. The maximum absolute atomic E-state index is 12.8. The molecule has 2 N–H and O–H groups in total. The van der Waals surface area contributed by atoms with E-state index in [9.17, 15) is 27.6 Å². The summed E-state index contributed by atoms with van der Waals surface area (Å²) in [6.07, 6.45) is -4.41. The molecule has 0 aliphatic carbocycles. The van der Waals surface area contributed by atoms with E-state index in [0.717, 1.165) is 23.3 Å². The molecule has 0 aliphatic heterocycles. The Morgan fingerprint density at radius 3 is 2.31 bits per heavy atom. The van der Waals surface area contributed by atoms with Crippen molar-refractivity contribution in [1.82, 2.24) is 0 Å². The van der Waals surface area contributed by atoms with Crippen LogP contribution in [-0.2, 0) is 25.3 Å². The second-order valence-corrected chi connectivity index (χ2v) is 7.53. The summed E-state index contributed by atoms with van der Waals surface area (Å²) in [5.41, 5.74) is 1.39. The van der Waals surface area contributed by atoms with Crippen LogP contribution in [0.5, 0.6) is 0 Å². The fraction of sp³-hybridized carbons (Fsp3) is 0.318. The van der Waals surface area contributed by atoms with Crippen molar-refractivity contribution < 1.29 is 32.3 Å². The third-order valence-electron chi connectivity index (χ3n) is 4.38. The lowest BCUT2D eigenvalue weighted by Crippen LogP contribution is -2.21. The van der Waals surface area contributed by atoms with Gasteiger partial charge in [0.15, 0.2) is 6.61 Å². The van der Waals surface area contributed by atoms with Crippen LogP contribution in [0.3, 0.4) is 0 Å². The Morgan fingerprint density at radius 2 is 1.62 bits per heavy atom. The SMILES string of the molecule is Cc1ccc(C)c(NC(=O)CCCC(=O)OCC(=O)Nc2cc(C(F)(F)F)ccc2Cl)c1. The van der Waals surface area contributed by atoms with Crippen molar-refractivity contribution in [2.75, 3.05) is 17.2 Å². The van der Waals surface area contributed by atoms with Gasteiger partial charge >= 0.3 is 12.1 Å². The summed E-state index contributed by atoms with van der Waals surface area (Å²) >= 11 is 5.80. The van der Waals surface area contributed by atoms with Gasteiger partial charge in [-0.05, 0) is 55.7 Å². The molecular weight excluding hydrogens is 449 g/mol. The number of ether oxygens (including phenoxy) is 1. The average molecular weight is 471 g/mol. The molecule has 0 unspecified atom stereocenters. The van der Waals surface area contributed by atoms with Crippen LogP contribution in [0.2, 0.25) is 5.02 Å². The summed E-state index contributed by atoms with van der Waals surface area (Å²) in [4.78, 5) is 35.7. The van der Waals surface area contributed by atoms with Crippen molar-refractivity contribution in [3.8, 4) is 0 Å². The summed E-state index contributed by atoms with van der Waals surface area (Å²) in [5, 5.41) is 4.86. The van der Waals surface area contributed by atoms with Crippen molar-refractivity contribution in [3.63, 3.8) is 0 Å². The number of anilines is 2. The highest BCUT2D eigenvalue weighted by molar-refractivity contribution is 6.33. The Bertz CT molecular complexity index is 1010. The molecule has 0 aliphatic rings. The Balaban J connectivity index is 1.74. The number of nitrogens with one attached hydrogen (secondary N) is 2. The highest BCUT2D eigenvalue weighted by atomic mass is 35.5. The molecular formula is C22H22ClF3N2O4. The van der Waals surface area contributed by atoms with Crippen molar-refractivity contribution in [3.05, 3.63) is 58.1 Å². The quantitative estimate of drug-likeness (QED) is 0.515. The maximum Gasteiger partial charge on any atom is 0.416 e. The minimum absolute atomic E-state index is 0.0779. The second-order valence-electron chi connectivity index (χ2n) is 7.12. The smallest absolute Gasteiger partial charge is 0.416 e. The van der Waals surface area contributed by atoms with E-state index < -0.39 is 30.2 Å². The van der Waals surface area contributed by atoms with Crippen LogP contribution in [0.15, 0.2) is 36.4 Å². The number of halogens is 4. The van der Waals surface area contributed by atoms with Crippen LogP contribution in [0.4, 0.5) is 24.5 Å². The Hall–Kier alpha value is -3.07. The lowest BCUT2D eigenvalue weighted by Gasteiger charge is -2.12. The predicted octanol–water partition coefficient (Wildman–Crippen LogP) is 5.27. The molecule has 10 heteroatoms. The van der Waals surface area contributed by atoms with Gasteiger partial charge in [0.2, 0.25) is 5.91 Å². The molecule has 0 bridgehead atoms. The summed E-state index contributed by atoms with van der Waals surface area (Å²) in [5.74, 6) is -1.81. The van der Waals surface area contributed by atoms with E-state index in [1.165, 1.54) is 0 Å². The minimum Gasteiger partial charge on any atom is -0.456 e. The molecule has 6 nitrogen and oxygen atoms in total. The lowest BCUT2D eigenvalue weighted by molar-refractivity contribution is -0.147. The number of alkyl halides is 3. The summed E-state index contributed by atoms with van der Waals surface area (Å²) in [6, 6.07) is 8.15. The minimum atomic E-state index is -4.60. The normalized spacial score (nSPS) is 11.1. The monoisotopic (exact) mass is 470 g/mol. The van der Waals surface area contributed by atoms with Gasteiger partial charge in [0.25, 0.3) is 5.91 Å². The third-order valence-corrected chi connectivity index (χ3v) is 4.71. The van der Waals surface area contributed by atoms with E-state index in [1.54, 1.807) is 0 Å². The highest BCUT2D eigenvalue weighted by Crippen LogP contribution is 2.33. The van der Waals surface area contributed by atoms with Crippen LogP contribution in [0, 0.1) is 13.8 Å². The Labute approximate surface area is 188 Å². The zero-order chi connectivity index (χ0) is 23.9. The van der Waals surface area contributed by atoms with Crippen molar-refractivity contribution in [2.45, 2.75) is 39.3 Å². The van der Waals surface area contributed by atoms with Gasteiger partial charge in [-0.3, -0.25) is 14.4 Å². The molecule has 2 amide bonds. The number of rotatable bonds is 8.